The highest BCUT2D eigenvalue weighted by Crippen LogP contribution is 2.35. The molecule has 118 valence electrons. The molecule has 0 aromatic heterocycles. The van der Waals surface area contributed by atoms with Gasteiger partial charge < -0.3 is 10.5 Å². The summed E-state index contributed by atoms with van der Waals surface area (Å²) in [6.45, 7) is 7.51. The van der Waals surface area contributed by atoms with E-state index in [0.29, 0.717) is 24.2 Å². The average molecular weight is 283 g/mol. The van der Waals surface area contributed by atoms with Gasteiger partial charge in [-0.05, 0) is 50.0 Å². The first-order valence-corrected chi connectivity index (χ1v) is 8.44. The lowest BCUT2D eigenvalue weighted by atomic mass is 9.75. The Balaban J connectivity index is 2.30. The van der Waals surface area contributed by atoms with Crippen LogP contribution >= 0.6 is 0 Å². The maximum atomic E-state index is 12.0. The van der Waals surface area contributed by atoms with Crippen molar-refractivity contribution in [1.82, 2.24) is 0 Å². The fourth-order valence-electron chi connectivity index (χ4n) is 3.25. The zero-order valence-corrected chi connectivity index (χ0v) is 13.6. The molecule has 20 heavy (non-hydrogen) atoms. The van der Waals surface area contributed by atoms with Gasteiger partial charge in [0, 0.05) is 6.42 Å². The Hall–Kier alpha value is -0.570. The van der Waals surface area contributed by atoms with Crippen LogP contribution in [0.1, 0.15) is 72.1 Å². The van der Waals surface area contributed by atoms with Gasteiger partial charge in [-0.15, -0.1) is 0 Å². The molecule has 3 unspecified atom stereocenters. The van der Waals surface area contributed by atoms with Crippen LogP contribution in [0.2, 0.25) is 0 Å². The largest absolute Gasteiger partial charge is 0.462 e. The fraction of sp³-hybridized carbons (Fsp3) is 0.941. The molecule has 0 bridgehead atoms. The zero-order chi connectivity index (χ0) is 15.0. The SMILES string of the molecule is CC1CCC(C(C)C)C(OC(=O)CCCCCCN)C1. The number of ether oxygens (including phenoxy) is 1. The van der Waals surface area contributed by atoms with Gasteiger partial charge in [0.25, 0.3) is 0 Å². The number of carbonyl (C=O) groups is 1. The smallest absolute Gasteiger partial charge is 0.306 e. The number of hydrogen-bond donors (Lipinski definition) is 1. The van der Waals surface area contributed by atoms with E-state index in [1.165, 1.54) is 12.8 Å². The van der Waals surface area contributed by atoms with E-state index in [1.807, 2.05) is 0 Å². The highest BCUT2D eigenvalue weighted by molar-refractivity contribution is 5.69. The Morgan fingerprint density at radius 1 is 1.20 bits per heavy atom. The van der Waals surface area contributed by atoms with Gasteiger partial charge in [0.15, 0.2) is 0 Å². The molecular formula is C17H33NO2. The van der Waals surface area contributed by atoms with Gasteiger partial charge >= 0.3 is 5.97 Å². The molecule has 2 N–H and O–H groups in total. The summed E-state index contributed by atoms with van der Waals surface area (Å²) in [5.41, 5.74) is 5.46. The summed E-state index contributed by atoms with van der Waals surface area (Å²) in [6, 6.07) is 0. The van der Waals surface area contributed by atoms with Crippen LogP contribution in [0.15, 0.2) is 0 Å². The van der Waals surface area contributed by atoms with E-state index >= 15 is 0 Å². The molecular weight excluding hydrogens is 250 g/mol. The van der Waals surface area contributed by atoms with Gasteiger partial charge in [-0.1, -0.05) is 40.0 Å². The Morgan fingerprint density at radius 3 is 2.55 bits per heavy atom. The van der Waals surface area contributed by atoms with Crippen molar-refractivity contribution in [2.24, 2.45) is 23.5 Å². The van der Waals surface area contributed by atoms with Crippen molar-refractivity contribution in [2.75, 3.05) is 6.54 Å². The second-order valence-corrected chi connectivity index (χ2v) is 6.81. The van der Waals surface area contributed by atoms with Crippen molar-refractivity contribution in [3.63, 3.8) is 0 Å². The highest BCUT2D eigenvalue weighted by Gasteiger charge is 2.33. The third kappa shape index (κ3) is 6.25. The summed E-state index contributed by atoms with van der Waals surface area (Å²) in [5.74, 6) is 1.84. The summed E-state index contributed by atoms with van der Waals surface area (Å²) in [4.78, 5) is 12.0. The molecule has 0 heterocycles. The van der Waals surface area contributed by atoms with E-state index in [2.05, 4.69) is 20.8 Å². The minimum Gasteiger partial charge on any atom is -0.462 e. The van der Waals surface area contributed by atoms with Crippen molar-refractivity contribution >= 4 is 5.97 Å². The molecule has 1 fully saturated rings. The number of unbranched alkanes of at least 4 members (excludes halogenated alkanes) is 3. The third-order valence-electron chi connectivity index (χ3n) is 4.58. The molecule has 3 nitrogen and oxygen atoms in total. The van der Waals surface area contributed by atoms with E-state index in [1.54, 1.807) is 0 Å². The van der Waals surface area contributed by atoms with E-state index in [-0.39, 0.29) is 12.1 Å². The summed E-state index contributed by atoms with van der Waals surface area (Å²) in [5, 5.41) is 0. The van der Waals surface area contributed by atoms with E-state index in [0.717, 1.165) is 38.6 Å². The summed E-state index contributed by atoms with van der Waals surface area (Å²) in [6.07, 6.45) is 8.44. The first-order valence-electron chi connectivity index (χ1n) is 8.44. The first-order chi connectivity index (χ1) is 9.54. The number of carbonyl (C=O) groups excluding carboxylic acids is 1. The quantitative estimate of drug-likeness (QED) is 0.543. The maximum absolute atomic E-state index is 12.0. The van der Waals surface area contributed by atoms with Crippen molar-refractivity contribution in [2.45, 2.75) is 78.2 Å². The van der Waals surface area contributed by atoms with Crippen LogP contribution in [0, 0.1) is 17.8 Å². The summed E-state index contributed by atoms with van der Waals surface area (Å²) >= 11 is 0. The van der Waals surface area contributed by atoms with Crippen LogP contribution in [-0.2, 0) is 9.53 Å². The number of hydrogen-bond acceptors (Lipinski definition) is 3. The lowest BCUT2D eigenvalue weighted by Crippen LogP contribution is -2.35. The van der Waals surface area contributed by atoms with E-state index < -0.39 is 0 Å². The van der Waals surface area contributed by atoms with E-state index in [4.69, 9.17) is 10.5 Å². The number of nitrogens with two attached hydrogens (primary N) is 1. The molecule has 0 spiro atoms. The zero-order valence-electron chi connectivity index (χ0n) is 13.6. The van der Waals surface area contributed by atoms with E-state index in [9.17, 15) is 4.79 Å². The second-order valence-electron chi connectivity index (χ2n) is 6.81. The molecule has 0 aliphatic heterocycles. The molecule has 3 heteroatoms. The monoisotopic (exact) mass is 283 g/mol. The molecule has 0 radical (unpaired) electrons. The van der Waals surface area contributed by atoms with Crippen molar-refractivity contribution < 1.29 is 9.53 Å². The van der Waals surface area contributed by atoms with Crippen molar-refractivity contribution in [3.8, 4) is 0 Å². The minimum atomic E-state index is 0.00231. The van der Waals surface area contributed by atoms with Crippen LogP contribution in [0.4, 0.5) is 0 Å². The van der Waals surface area contributed by atoms with Gasteiger partial charge in [0.05, 0.1) is 0 Å². The Kier molecular flexibility index (Phi) is 8.20. The Morgan fingerprint density at radius 2 is 1.90 bits per heavy atom. The number of rotatable bonds is 8. The molecule has 0 aromatic rings. The average Bonchev–Trinajstić information content (AvgIpc) is 2.38. The molecule has 3 atom stereocenters. The predicted molar refractivity (Wildman–Crippen MR) is 83.4 cm³/mol. The van der Waals surface area contributed by atoms with Crippen LogP contribution < -0.4 is 5.73 Å². The van der Waals surface area contributed by atoms with Crippen molar-refractivity contribution in [1.29, 1.82) is 0 Å². The van der Waals surface area contributed by atoms with Crippen LogP contribution in [0.25, 0.3) is 0 Å². The van der Waals surface area contributed by atoms with Gasteiger partial charge in [0.1, 0.15) is 6.10 Å². The first kappa shape index (κ1) is 17.5. The highest BCUT2D eigenvalue weighted by atomic mass is 16.5. The van der Waals surface area contributed by atoms with Gasteiger partial charge in [0.2, 0.25) is 0 Å². The molecule has 1 aliphatic rings. The standard InChI is InChI=1S/C17H33NO2/c1-13(2)15-10-9-14(3)12-16(15)20-17(19)8-6-4-5-7-11-18/h13-16H,4-12,18H2,1-3H3. The fourth-order valence-corrected chi connectivity index (χ4v) is 3.25. The van der Waals surface area contributed by atoms with Gasteiger partial charge in [-0.25, -0.2) is 0 Å². The van der Waals surface area contributed by atoms with Crippen LogP contribution in [-0.4, -0.2) is 18.6 Å². The second kappa shape index (κ2) is 9.38. The topological polar surface area (TPSA) is 52.3 Å². The summed E-state index contributed by atoms with van der Waals surface area (Å²) in [7, 11) is 0. The molecule has 0 aromatic carbocycles. The number of esters is 1. The van der Waals surface area contributed by atoms with Gasteiger partial charge in [-0.3, -0.25) is 4.79 Å². The molecule has 0 saturated heterocycles. The lowest BCUT2D eigenvalue weighted by Gasteiger charge is -2.36. The minimum absolute atomic E-state index is 0.00231. The maximum Gasteiger partial charge on any atom is 0.306 e. The predicted octanol–water partition coefficient (Wildman–Crippen LogP) is 3.90. The molecule has 1 aliphatic carbocycles. The normalized spacial score (nSPS) is 26.8. The van der Waals surface area contributed by atoms with Crippen LogP contribution in [0.5, 0.6) is 0 Å². The third-order valence-corrected chi connectivity index (χ3v) is 4.58. The van der Waals surface area contributed by atoms with Crippen LogP contribution in [0.3, 0.4) is 0 Å². The lowest BCUT2D eigenvalue weighted by molar-refractivity contribution is -0.156. The molecule has 1 rings (SSSR count). The Bertz CT molecular complexity index is 278. The Labute approximate surface area is 124 Å². The van der Waals surface area contributed by atoms with Gasteiger partial charge in [-0.2, -0.15) is 0 Å². The molecule has 1 saturated carbocycles. The summed E-state index contributed by atoms with van der Waals surface area (Å²) < 4.78 is 5.78. The van der Waals surface area contributed by atoms with Crippen molar-refractivity contribution in [3.05, 3.63) is 0 Å². The molecule has 0 amide bonds.